The van der Waals surface area contributed by atoms with Crippen LogP contribution in [0.1, 0.15) is 5.56 Å². The molecule has 0 atom stereocenters. The van der Waals surface area contributed by atoms with Crippen molar-refractivity contribution < 1.29 is 29.6 Å². The van der Waals surface area contributed by atoms with Crippen LogP contribution in [-0.4, -0.2) is 52.4 Å². The number of nitrogens with zero attached hydrogens (tertiary/aromatic N) is 1. The number of carboxylic acids is 2. The Morgan fingerprint density at radius 1 is 1.21 bits per heavy atom. The molecule has 7 heteroatoms. The maximum Gasteiger partial charge on any atom is 0.317 e. The Kier molecular flexibility index (Phi) is 5.13. The zero-order valence-electron chi connectivity index (χ0n) is 10.4. The molecule has 1 aromatic carbocycles. The largest absolute Gasteiger partial charge is 0.504 e. The number of hydrogen-bond acceptors (Lipinski definition) is 5. The number of rotatable bonds is 7. The van der Waals surface area contributed by atoms with Crippen molar-refractivity contribution in [1.82, 2.24) is 4.90 Å². The lowest BCUT2D eigenvalue weighted by molar-refractivity contribution is -0.142. The number of carboxylic acid groups (broad SMARTS) is 2. The molecular formula is C12H15NO6. The fourth-order valence-electron chi connectivity index (χ4n) is 1.64. The van der Waals surface area contributed by atoms with Gasteiger partial charge in [-0.1, -0.05) is 6.07 Å². The molecule has 0 spiro atoms. The maximum absolute atomic E-state index is 10.6. The Morgan fingerprint density at radius 3 is 2.21 bits per heavy atom. The van der Waals surface area contributed by atoms with Crippen LogP contribution in [0.3, 0.4) is 0 Å². The van der Waals surface area contributed by atoms with E-state index in [0.29, 0.717) is 11.3 Å². The van der Waals surface area contributed by atoms with Gasteiger partial charge in [-0.25, -0.2) is 0 Å². The van der Waals surface area contributed by atoms with E-state index in [0.717, 1.165) is 0 Å². The van der Waals surface area contributed by atoms with Gasteiger partial charge in [-0.05, 0) is 17.7 Å². The second kappa shape index (κ2) is 6.60. The van der Waals surface area contributed by atoms with E-state index in [1.165, 1.54) is 24.1 Å². The molecule has 7 nitrogen and oxygen atoms in total. The molecule has 0 amide bonds. The number of benzene rings is 1. The van der Waals surface area contributed by atoms with E-state index in [4.69, 9.17) is 14.9 Å². The molecule has 0 fully saturated rings. The van der Waals surface area contributed by atoms with Crippen molar-refractivity contribution in [1.29, 1.82) is 0 Å². The molecule has 0 aliphatic rings. The van der Waals surface area contributed by atoms with Gasteiger partial charge in [0.25, 0.3) is 0 Å². The summed E-state index contributed by atoms with van der Waals surface area (Å²) in [5.41, 5.74) is 0.598. The molecule has 1 aromatic rings. The van der Waals surface area contributed by atoms with Crippen molar-refractivity contribution in [2.75, 3.05) is 20.2 Å². The van der Waals surface area contributed by atoms with Crippen LogP contribution in [0.25, 0.3) is 0 Å². The lowest BCUT2D eigenvalue weighted by Crippen LogP contribution is -2.33. The highest BCUT2D eigenvalue weighted by atomic mass is 16.5. The van der Waals surface area contributed by atoms with Crippen molar-refractivity contribution >= 4 is 11.9 Å². The second-order valence-corrected chi connectivity index (χ2v) is 3.94. The summed E-state index contributed by atoms with van der Waals surface area (Å²) in [6.45, 7) is -0.672. The molecule has 0 aromatic heterocycles. The Labute approximate surface area is 109 Å². The second-order valence-electron chi connectivity index (χ2n) is 3.94. The van der Waals surface area contributed by atoms with Crippen LogP contribution in [0.15, 0.2) is 18.2 Å². The summed E-state index contributed by atoms with van der Waals surface area (Å²) in [7, 11) is 1.41. The van der Waals surface area contributed by atoms with E-state index in [-0.39, 0.29) is 25.4 Å². The molecular weight excluding hydrogens is 254 g/mol. The minimum atomic E-state index is -1.11. The van der Waals surface area contributed by atoms with Crippen LogP contribution >= 0.6 is 0 Å². The third-order valence-corrected chi connectivity index (χ3v) is 2.37. The highest BCUT2D eigenvalue weighted by Gasteiger charge is 2.14. The van der Waals surface area contributed by atoms with Gasteiger partial charge in [0.1, 0.15) is 0 Å². The molecule has 0 saturated carbocycles. The zero-order chi connectivity index (χ0) is 14.4. The summed E-state index contributed by atoms with van der Waals surface area (Å²) in [6.07, 6.45) is 0. The monoisotopic (exact) mass is 269 g/mol. The number of hydrogen-bond donors (Lipinski definition) is 3. The summed E-state index contributed by atoms with van der Waals surface area (Å²) >= 11 is 0. The van der Waals surface area contributed by atoms with E-state index in [1.54, 1.807) is 6.07 Å². The Hall–Kier alpha value is -2.28. The summed E-state index contributed by atoms with van der Waals surface area (Å²) in [5.74, 6) is -2.00. The topological polar surface area (TPSA) is 107 Å². The van der Waals surface area contributed by atoms with Gasteiger partial charge in [0.2, 0.25) is 0 Å². The van der Waals surface area contributed by atoms with Gasteiger partial charge in [0.15, 0.2) is 11.5 Å². The molecule has 0 saturated heterocycles. The molecule has 0 heterocycles. The first-order valence-electron chi connectivity index (χ1n) is 5.44. The van der Waals surface area contributed by atoms with Crippen LogP contribution < -0.4 is 4.74 Å². The van der Waals surface area contributed by atoms with Crippen molar-refractivity contribution in [3.63, 3.8) is 0 Å². The van der Waals surface area contributed by atoms with E-state index in [2.05, 4.69) is 0 Å². The molecule has 0 bridgehead atoms. The minimum absolute atomic E-state index is 0.0781. The lowest BCUT2D eigenvalue weighted by Gasteiger charge is -2.18. The molecule has 0 aliphatic heterocycles. The van der Waals surface area contributed by atoms with Gasteiger partial charge in [-0.15, -0.1) is 0 Å². The number of phenols is 1. The predicted molar refractivity (Wildman–Crippen MR) is 65.2 cm³/mol. The van der Waals surface area contributed by atoms with Gasteiger partial charge in [0, 0.05) is 6.54 Å². The van der Waals surface area contributed by atoms with E-state index < -0.39 is 11.9 Å². The third-order valence-electron chi connectivity index (χ3n) is 2.37. The minimum Gasteiger partial charge on any atom is -0.504 e. The quantitative estimate of drug-likeness (QED) is 0.656. The third kappa shape index (κ3) is 4.84. The summed E-state index contributed by atoms with van der Waals surface area (Å²) in [4.78, 5) is 22.5. The fraction of sp³-hybridized carbons (Fsp3) is 0.333. The van der Waals surface area contributed by atoms with E-state index in [1.807, 2.05) is 0 Å². The van der Waals surface area contributed by atoms with Crippen molar-refractivity contribution in [2.45, 2.75) is 6.54 Å². The van der Waals surface area contributed by atoms with Crippen LogP contribution in [0.5, 0.6) is 11.5 Å². The highest BCUT2D eigenvalue weighted by Crippen LogP contribution is 2.26. The van der Waals surface area contributed by atoms with Crippen LogP contribution in [-0.2, 0) is 16.1 Å². The van der Waals surface area contributed by atoms with Crippen molar-refractivity contribution in [2.24, 2.45) is 0 Å². The molecule has 0 unspecified atom stereocenters. The molecule has 3 N–H and O–H groups in total. The SMILES string of the molecule is COc1ccc(CN(CC(=O)O)CC(=O)O)cc1O. The first-order chi connectivity index (χ1) is 8.92. The smallest absolute Gasteiger partial charge is 0.317 e. The summed E-state index contributed by atoms with van der Waals surface area (Å²) < 4.78 is 4.88. The van der Waals surface area contributed by atoms with Crippen molar-refractivity contribution in [3.05, 3.63) is 23.8 Å². The first kappa shape index (κ1) is 14.8. The number of carbonyl (C=O) groups is 2. The average molecular weight is 269 g/mol. The van der Waals surface area contributed by atoms with Crippen LogP contribution in [0, 0.1) is 0 Å². The maximum atomic E-state index is 10.6. The molecule has 0 aliphatic carbocycles. The Balaban J connectivity index is 2.80. The predicted octanol–water partition coefficient (Wildman–Crippen LogP) is 0.372. The molecule has 1 rings (SSSR count). The standard InChI is InChI=1S/C12H15NO6/c1-19-10-3-2-8(4-9(10)14)5-13(6-11(15)16)7-12(17)18/h2-4,14H,5-7H2,1H3,(H,15,16)(H,17,18). The first-order valence-corrected chi connectivity index (χ1v) is 5.44. The number of methoxy groups -OCH3 is 1. The van der Waals surface area contributed by atoms with Crippen molar-refractivity contribution in [3.8, 4) is 11.5 Å². The van der Waals surface area contributed by atoms with Gasteiger partial charge < -0.3 is 20.1 Å². The number of ether oxygens (including phenoxy) is 1. The van der Waals surface area contributed by atoms with Gasteiger partial charge in [-0.3, -0.25) is 14.5 Å². The number of phenolic OH excluding ortho intramolecular Hbond substituents is 1. The normalized spacial score (nSPS) is 10.4. The molecule has 0 radical (unpaired) electrons. The Morgan fingerprint density at radius 2 is 1.79 bits per heavy atom. The van der Waals surface area contributed by atoms with E-state index in [9.17, 15) is 14.7 Å². The van der Waals surface area contributed by atoms with Gasteiger partial charge in [0.05, 0.1) is 20.2 Å². The van der Waals surface area contributed by atoms with E-state index >= 15 is 0 Å². The fourth-order valence-corrected chi connectivity index (χ4v) is 1.64. The number of aliphatic carboxylic acids is 2. The van der Waals surface area contributed by atoms with Crippen LogP contribution in [0.2, 0.25) is 0 Å². The highest BCUT2D eigenvalue weighted by molar-refractivity contribution is 5.72. The average Bonchev–Trinajstić information content (AvgIpc) is 2.27. The van der Waals surface area contributed by atoms with Gasteiger partial charge in [-0.2, -0.15) is 0 Å². The molecule has 19 heavy (non-hydrogen) atoms. The Bertz CT molecular complexity index is 457. The number of aromatic hydroxyl groups is 1. The summed E-state index contributed by atoms with van der Waals surface area (Å²) in [5, 5.41) is 27.0. The van der Waals surface area contributed by atoms with Crippen LogP contribution in [0.4, 0.5) is 0 Å². The van der Waals surface area contributed by atoms with Gasteiger partial charge >= 0.3 is 11.9 Å². The lowest BCUT2D eigenvalue weighted by atomic mass is 10.2. The molecule has 104 valence electrons. The zero-order valence-corrected chi connectivity index (χ0v) is 10.4. The summed E-state index contributed by atoms with van der Waals surface area (Å²) in [6, 6.07) is 4.58.